The maximum atomic E-state index is 12.8. The maximum absolute atomic E-state index is 12.8. The molecule has 0 aliphatic carbocycles. The number of amides is 1. The largest absolute Gasteiger partial charge is 0.393 e. The third kappa shape index (κ3) is 4.59. The van der Waals surface area contributed by atoms with Crippen LogP contribution in [0.1, 0.15) is 0 Å². The fraction of sp³-hybridized carbons (Fsp3) is 0.667. The molecule has 1 amide bonds. The first kappa shape index (κ1) is 18.7. The summed E-state index contributed by atoms with van der Waals surface area (Å²) >= 11 is 0. The molecule has 1 fully saturated rings. The molecule has 1 saturated heterocycles. The van der Waals surface area contributed by atoms with Gasteiger partial charge in [-0.05, 0) is 0 Å². The Morgan fingerprint density at radius 1 is 1.55 bits per heavy atom. The van der Waals surface area contributed by atoms with Gasteiger partial charge in [-0.25, -0.2) is 0 Å². The van der Waals surface area contributed by atoms with E-state index in [2.05, 4.69) is 15.7 Å². The van der Waals surface area contributed by atoms with E-state index in [0.717, 1.165) is 0 Å². The number of hydrogen-bond acceptors (Lipinski definition) is 4. The average Bonchev–Trinajstić information content (AvgIpc) is 3.04. The van der Waals surface area contributed by atoms with Gasteiger partial charge in [0.2, 0.25) is 5.91 Å². The van der Waals surface area contributed by atoms with Crippen LogP contribution in [0.5, 0.6) is 0 Å². The topological polar surface area (TPSA) is 68.2 Å². The predicted octanol–water partition coefficient (Wildman–Crippen LogP) is 1.29. The summed E-state index contributed by atoms with van der Waals surface area (Å²) in [5, 5.41) is 9.08. The van der Waals surface area contributed by atoms with E-state index in [9.17, 15) is 18.0 Å². The van der Waals surface area contributed by atoms with Crippen molar-refractivity contribution in [3.63, 3.8) is 0 Å². The zero-order valence-corrected chi connectivity index (χ0v) is 12.7. The summed E-state index contributed by atoms with van der Waals surface area (Å²) in [7, 11) is 1.55. The number of hydrogen-bond donors (Lipinski definition) is 2. The fourth-order valence-electron chi connectivity index (χ4n) is 2.27. The highest BCUT2D eigenvalue weighted by Crippen LogP contribution is 2.34. The van der Waals surface area contributed by atoms with Crippen LogP contribution >= 0.6 is 12.4 Å². The summed E-state index contributed by atoms with van der Waals surface area (Å²) < 4.78 is 44.8. The number of nitrogens with zero attached hydrogens (tertiary/aromatic N) is 2. The van der Waals surface area contributed by atoms with Crippen LogP contribution in [-0.4, -0.2) is 48.7 Å². The second-order valence-corrected chi connectivity index (χ2v) is 4.89. The van der Waals surface area contributed by atoms with E-state index < -0.39 is 23.9 Å². The Labute approximate surface area is 131 Å². The molecule has 0 aromatic carbocycles. The molecule has 0 unspecified atom stereocenters. The molecule has 6 nitrogen and oxygen atoms in total. The number of anilines is 1. The molecule has 2 atom stereocenters. The van der Waals surface area contributed by atoms with Gasteiger partial charge in [-0.2, -0.15) is 18.3 Å². The van der Waals surface area contributed by atoms with Gasteiger partial charge in [-0.15, -0.1) is 12.4 Å². The highest BCUT2D eigenvalue weighted by atomic mass is 35.5. The van der Waals surface area contributed by atoms with Crippen molar-refractivity contribution in [3.05, 3.63) is 12.4 Å². The molecule has 0 spiro atoms. The third-order valence-electron chi connectivity index (χ3n) is 3.40. The Balaban J connectivity index is 0.00000242. The quantitative estimate of drug-likeness (QED) is 0.846. The minimum absolute atomic E-state index is 0. The lowest BCUT2D eigenvalue weighted by molar-refractivity contribution is -0.181. The van der Waals surface area contributed by atoms with Gasteiger partial charge in [0.15, 0.2) is 0 Å². The summed E-state index contributed by atoms with van der Waals surface area (Å²) in [6.07, 6.45) is -1.42. The van der Waals surface area contributed by atoms with Crippen molar-refractivity contribution in [1.82, 2.24) is 15.1 Å². The van der Waals surface area contributed by atoms with E-state index in [1.165, 1.54) is 6.20 Å². The van der Waals surface area contributed by atoms with E-state index in [1.54, 1.807) is 18.0 Å². The first-order valence-corrected chi connectivity index (χ1v) is 6.51. The Kier molecular flexibility index (Phi) is 6.64. The Morgan fingerprint density at radius 3 is 2.91 bits per heavy atom. The van der Waals surface area contributed by atoms with Crippen molar-refractivity contribution in [3.8, 4) is 0 Å². The molecule has 0 saturated carbocycles. The van der Waals surface area contributed by atoms with Crippen LogP contribution in [0.25, 0.3) is 0 Å². The third-order valence-corrected chi connectivity index (χ3v) is 3.40. The molecule has 22 heavy (non-hydrogen) atoms. The lowest BCUT2D eigenvalue weighted by Gasteiger charge is -2.20. The van der Waals surface area contributed by atoms with Crippen LogP contribution in [0.4, 0.5) is 18.9 Å². The second-order valence-electron chi connectivity index (χ2n) is 4.89. The number of carbonyl (C=O) groups excluding carboxylic acids is 1. The summed E-state index contributed by atoms with van der Waals surface area (Å²) in [6.45, 7) is 0.753. The van der Waals surface area contributed by atoms with Crippen molar-refractivity contribution < 1.29 is 22.7 Å². The molecular weight excluding hydrogens is 325 g/mol. The molecular formula is C12H18ClF3N4O2. The SMILES string of the molecule is COCCn1cc(NC(=O)[C@@H]2CNC[C@H]2C(F)(F)F)cn1.Cl. The first-order chi connectivity index (χ1) is 9.91. The minimum Gasteiger partial charge on any atom is -0.383 e. The lowest BCUT2D eigenvalue weighted by atomic mass is 9.94. The number of halogens is 4. The molecule has 2 N–H and O–H groups in total. The van der Waals surface area contributed by atoms with Crippen LogP contribution in [0.2, 0.25) is 0 Å². The number of alkyl halides is 3. The van der Waals surface area contributed by atoms with E-state index in [1.807, 2.05) is 0 Å². The number of carbonyl (C=O) groups is 1. The molecule has 10 heteroatoms. The summed E-state index contributed by atoms with van der Waals surface area (Å²) in [5.74, 6) is -3.41. The highest BCUT2D eigenvalue weighted by Gasteiger charge is 2.49. The second kappa shape index (κ2) is 7.80. The molecule has 0 radical (unpaired) electrons. The highest BCUT2D eigenvalue weighted by molar-refractivity contribution is 5.93. The fourth-order valence-corrected chi connectivity index (χ4v) is 2.27. The van der Waals surface area contributed by atoms with E-state index >= 15 is 0 Å². The number of aromatic nitrogens is 2. The number of nitrogens with one attached hydrogen (secondary N) is 2. The van der Waals surface area contributed by atoms with Gasteiger partial charge in [0.25, 0.3) is 0 Å². The van der Waals surface area contributed by atoms with Crippen molar-refractivity contribution in [2.75, 3.05) is 32.1 Å². The monoisotopic (exact) mass is 342 g/mol. The van der Waals surface area contributed by atoms with E-state index in [0.29, 0.717) is 18.8 Å². The molecule has 2 rings (SSSR count). The molecule has 126 valence electrons. The Morgan fingerprint density at radius 2 is 2.27 bits per heavy atom. The van der Waals surface area contributed by atoms with Gasteiger partial charge in [0, 0.05) is 26.4 Å². The van der Waals surface area contributed by atoms with E-state index in [4.69, 9.17) is 4.74 Å². The Hall–Kier alpha value is -1.32. The first-order valence-electron chi connectivity index (χ1n) is 6.51. The molecule has 1 aromatic heterocycles. The van der Waals surface area contributed by atoms with Crippen molar-refractivity contribution in [2.24, 2.45) is 11.8 Å². The van der Waals surface area contributed by atoms with Gasteiger partial charge >= 0.3 is 6.18 Å². The molecule has 1 aromatic rings. The van der Waals surface area contributed by atoms with Gasteiger partial charge in [0.05, 0.1) is 36.9 Å². The van der Waals surface area contributed by atoms with Crippen molar-refractivity contribution in [1.29, 1.82) is 0 Å². The molecule has 0 bridgehead atoms. The summed E-state index contributed by atoms with van der Waals surface area (Å²) in [5.41, 5.74) is 0.379. The molecule has 2 heterocycles. The number of ether oxygens (including phenoxy) is 1. The van der Waals surface area contributed by atoms with Crippen LogP contribution in [0, 0.1) is 11.8 Å². The zero-order chi connectivity index (χ0) is 15.5. The van der Waals surface area contributed by atoms with Crippen LogP contribution in [-0.2, 0) is 16.1 Å². The van der Waals surface area contributed by atoms with Gasteiger partial charge in [0.1, 0.15) is 0 Å². The van der Waals surface area contributed by atoms with Gasteiger partial charge < -0.3 is 15.4 Å². The van der Waals surface area contributed by atoms with Crippen molar-refractivity contribution in [2.45, 2.75) is 12.7 Å². The zero-order valence-electron chi connectivity index (χ0n) is 11.9. The minimum atomic E-state index is -4.38. The lowest BCUT2D eigenvalue weighted by Crippen LogP contribution is -2.36. The number of rotatable bonds is 5. The Bertz CT molecular complexity index is 495. The standard InChI is InChI=1S/C12H17F3N4O2.ClH/c1-21-3-2-19-7-8(4-17-19)18-11(20)9-5-16-6-10(9)12(13,14)15;/h4,7,9-10,16H,2-3,5-6H2,1H3,(H,18,20);1H/t9-,10-;/m1./s1. The van der Waals surface area contributed by atoms with Gasteiger partial charge in [-0.1, -0.05) is 0 Å². The van der Waals surface area contributed by atoms with Gasteiger partial charge in [-0.3, -0.25) is 9.48 Å². The normalized spacial score (nSPS) is 21.5. The summed E-state index contributed by atoms with van der Waals surface area (Å²) in [6, 6.07) is 0. The molecule has 1 aliphatic rings. The van der Waals surface area contributed by atoms with Crippen LogP contribution in [0.3, 0.4) is 0 Å². The predicted molar refractivity (Wildman–Crippen MR) is 75.9 cm³/mol. The summed E-state index contributed by atoms with van der Waals surface area (Å²) in [4.78, 5) is 12.0. The van der Waals surface area contributed by atoms with E-state index in [-0.39, 0.29) is 25.5 Å². The number of methoxy groups -OCH3 is 1. The van der Waals surface area contributed by atoms with Crippen molar-refractivity contribution >= 4 is 24.0 Å². The smallest absolute Gasteiger partial charge is 0.383 e. The van der Waals surface area contributed by atoms with Crippen LogP contribution < -0.4 is 10.6 Å². The average molecular weight is 343 g/mol. The van der Waals surface area contributed by atoms with Crippen LogP contribution in [0.15, 0.2) is 12.4 Å². The maximum Gasteiger partial charge on any atom is 0.393 e. The molecule has 1 aliphatic heterocycles.